The Bertz CT molecular complexity index is 315. The third-order valence-electron chi connectivity index (χ3n) is 3.40. The summed E-state index contributed by atoms with van der Waals surface area (Å²) in [4.78, 5) is 0. The maximum atomic E-state index is 5.11. The van der Waals surface area contributed by atoms with Crippen LogP contribution in [0.15, 0.2) is 18.2 Å². The van der Waals surface area contributed by atoms with Crippen LogP contribution in [0, 0.1) is 13.8 Å². The van der Waals surface area contributed by atoms with E-state index in [1.165, 1.54) is 16.7 Å². The largest absolute Gasteiger partial charge is 0.385 e. The molecule has 0 aromatic heterocycles. The SMILES string of the molecule is CNC(CCCOC)Cc1c(C)cccc1C. The summed E-state index contributed by atoms with van der Waals surface area (Å²) < 4.78 is 5.11. The zero-order valence-corrected chi connectivity index (χ0v) is 11.5. The molecule has 0 amide bonds. The van der Waals surface area contributed by atoms with E-state index in [0.717, 1.165) is 25.9 Å². The molecule has 0 bridgehead atoms. The molecule has 0 aliphatic rings. The molecule has 1 N–H and O–H groups in total. The van der Waals surface area contributed by atoms with Crippen molar-refractivity contribution in [1.82, 2.24) is 5.32 Å². The van der Waals surface area contributed by atoms with Crippen LogP contribution in [0.3, 0.4) is 0 Å². The number of benzene rings is 1. The Morgan fingerprint density at radius 2 is 1.88 bits per heavy atom. The van der Waals surface area contributed by atoms with Gasteiger partial charge < -0.3 is 10.1 Å². The van der Waals surface area contributed by atoms with Crippen molar-refractivity contribution in [3.8, 4) is 0 Å². The first-order valence-electron chi connectivity index (χ1n) is 6.40. The summed E-state index contributed by atoms with van der Waals surface area (Å²) in [6.45, 7) is 5.25. The minimum absolute atomic E-state index is 0.546. The van der Waals surface area contributed by atoms with Crippen molar-refractivity contribution in [2.24, 2.45) is 0 Å². The molecule has 0 spiro atoms. The third kappa shape index (κ3) is 4.49. The number of ether oxygens (including phenoxy) is 1. The molecule has 0 saturated heterocycles. The number of hydrogen-bond donors (Lipinski definition) is 1. The molecule has 1 aromatic rings. The van der Waals surface area contributed by atoms with E-state index in [2.05, 4.69) is 37.4 Å². The Labute approximate surface area is 105 Å². The van der Waals surface area contributed by atoms with E-state index >= 15 is 0 Å². The molecule has 96 valence electrons. The molecule has 1 rings (SSSR count). The van der Waals surface area contributed by atoms with Crippen molar-refractivity contribution in [3.05, 3.63) is 34.9 Å². The summed E-state index contributed by atoms with van der Waals surface area (Å²) >= 11 is 0. The Balaban J connectivity index is 2.60. The van der Waals surface area contributed by atoms with Crippen molar-refractivity contribution in [2.45, 2.75) is 39.2 Å². The smallest absolute Gasteiger partial charge is 0.0462 e. The maximum Gasteiger partial charge on any atom is 0.0462 e. The van der Waals surface area contributed by atoms with Crippen LogP contribution in [0.1, 0.15) is 29.5 Å². The minimum atomic E-state index is 0.546. The van der Waals surface area contributed by atoms with Crippen LogP contribution in [0.2, 0.25) is 0 Å². The van der Waals surface area contributed by atoms with Crippen LogP contribution < -0.4 is 5.32 Å². The number of likely N-dealkylation sites (N-methyl/N-ethyl adjacent to an activating group) is 1. The fourth-order valence-corrected chi connectivity index (χ4v) is 2.24. The lowest BCUT2D eigenvalue weighted by Gasteiger charge is -2.19. The Hall–Kier alpha value is -0.860. The normalized spacial score (nSPS) is 12.7. The number of hydrogen-bond acceptors (Lipinski definition) is 2. The van der Waals surface area contributed by atoms with E-state index in [9.17, 15) is 0 Å². The van der Waals surface area contributed by atoms with E-state index in [0.29, 0.717) is 6.04 Å². The standard InChI is InChI=1S/C15H25NO/c1-12-7-5-8-13(2)15(12)11-14(16-3)9-6-10-17-4/h5,7-8,14,16H,6,9-11H2,1-4H3. The highest BCUT2D eigenvalue weighted by molar-refractivity contribution is 5.34. The van der Waals surface area contributed by atoms with Gasteiger partial charge in [-0.25, -0.2) is 0 Å². The van der Waals surface area contributed by atoms with Crippen molar-refractivity contribution >= 4 is 0 Å². The first-order chi connectivity index (χ1) is 8.19. The average molecular weight is 235 g/mol. The lowest BCUT2D eigenvalue weighted by Crippen LogP contribution is -2.28. The quantitative estimate of drug-likeness (QED) is 0.734. The Morgan fingerprint density at radius 1 is 1.24 bits per heavy atom. The zero-order valence-electron chi connectivity index (χ0n) is 11.5. The second-order valence-electron chi connectivity index (χ2n) is 4.70. The van der Waals surface area contributed by atoms with Crippen LogP contribution in [0.5, 0.6) is 0 Å². The van der Waals surface area contributed by atoms with Crippen molar-refractivity contribution in [2.75, 3.05) is 20.8 Å². The highest BCUT2D eigenvalue weighted by Crippen LogP contribution is 2.16. The van der Waals surface area contributed by atoms with Gasteiger partial charge in [-0.05, 0) is 56.8 Å². The fourth-order valence-electron chi connectivity index (χ4n) is 2.24. The highest BCUT2D eigenvalue weighted by Gasteiger charge is 2.10. The molecule has 0 aliphatic carbocycles. The highest BCUT2D eigenvalue weighted by atomic mass is 16.5. The lowest BCUT2D eigenvalue weighted by molar-refractivity contribution is 0.189. The molecule has 1 aromatic carbocycles. The topological polar surface area (TPSA) is 21.3 Å². The Kier molecular flexibility index (Phi) is 6.23. The van der Waals surface area contributed by atoms with Gasteiger partial charge in [0.1, 0.15) is 0 Å². The zero-order chi connectivity index (χ0) is 12.7. The molecular weight excluding hydrogens is 210 g/mol. The van der Waals surface area contributed by atoms with E-state index in [4.69, 9.17) is 4.74 Å². The van der Waals surface area contributed by atoms with Crippen molar-refractivity contribution < 1.29 is 4.74 Å². The molecule has 0 saturated carbocycles. The second kappa shape index (κ2) is 7.46. The van der Waals surface area contributed by atoms with Crippen LogP contribution in [-0.2, 0) is 11.2 Å². The van der Waals surface area contributed by atoms with Gasteiger partial charge in [-0.3, -0.25) is 0 Å². The molecule has 2 heteroatoms. The van der Waals surface area contributed by atoms with Gasteiger partial charge in [-0.15, -0.1) is 0 Å². The maximum absolute atomic E-state index is 5.11. The molecule has 0 heterocycles. The van der Waals surface area contributed by atoms with Crippen LogP contribution in [0.25, 0.3) is 0 Å². The van der Waals surface area contributed by atoms with Gasteiger partial charge in [0.05, 0.1) is 0 Å². The van der Waals surface area contributed by atoms with Crippen molar-refractivity contribution in [3.63, 3.8) is 0 Å². The van der Waals surface area contributed by atoms with Crippen LogP contribution in [0.4, 0.5) is 0 Å². The molecule has 0 fully saturated rings. The van der Waals surface area contributed by atoms with Gasteiger partial charge in [0.25, 0.3) is 0 Å². The van der Waals surface area contributed by atoms with E-state index in [1.807, 2.05) is 7.05 Å². The molecule has 1 atom stereocenters. The van der Waals surface area contributed by atoms with Gasteiger partial charge in [-0.2, -0.15) is 0 Å². The van der Waals surface area contributed by atoms with Gasteiger partial charge in [0.15, 0.2) is 0 Å². The van der Waals surface area contributed by atoms with Gasteiger partial charge >= 0.3 is 0 Å². The van der Waals surface area contributed by atoms with Gasteiger partial charge in [-0.1, -0.05) is 18.2 Å². The summed E-state index contributed by atoms with van der Waals surface area (Å²) in [6.07, 6.45) is 3.39. The average Bonchev–Trinajstić information content (AvgIpc) is 2.32. The lowest BCUT2D eigenvalue weighted by atomic mass is 9.94. The summed E-state index contributed by atoms with van der Waals surface area (Å²) in [5.41, 5.74) is 4.29. The minimum Gasteiger partial charge on any atom is -0.385 e. The van der Waals surface area contributed by atoms with E-state index in [-0.39, 0.29) is 0 Å². The van der Waals surface area contributed by atoms with Gasteiger partial charge in [0, 0.05) is 19.8 Å². The first kappa shape index (κ1) is 14.2. The summed E-state index contributed by atoms with van der Waals surface area (Å²) in [5, 5.41) is 3.41. The van der Waals surface area contributed by atoms with E-state index in [1.54, 1.807) is 7.11 Å². The van der Waals surface area contributed by atoms with E-state index < -0.39 is 0 Å². The molecule has 0 radical (unpaired) electrons. The van der Waals surface area contributed by atoms with Crippen LogP contribution in [-0.4, -0.2) is 26.8 Å². The van der Waals surface area contributed by atoms with Crippen LogP contribution >= 0.6 is 0 Å². The summed E-state index contributed by atoms with van der Waals surface area (Å²) in [7, 11) is 3.81. The molecule has 2 nitrogen and oxygen atoms in total. The fraction of sp³-hybridized carbons (Fsp3) is 0.600. The summed E-state index contributed by atoms with van der Waals surface area (Å²) in [6, 6.07) is 7.08. The number of methoxy groups -OCH3 is 1. The van der Waals surface area contributed by atoms with Crippen molar-refractivity contribution in [1.29, 1.82) is 0 Å². The second-order valence-corrected chi connectivity index (χ2v) is 4.70. The monoisotopic (exact) mass is 235 g/mol. The molecule has 17 heavy (non-hydrogen) atoms. The summed E-state index contributed by atoms with van der Waals surface area (Å²) in [5.74, 6) is 0. The third-order valence-corrected chi connectivity index (χ3v) is 3.40. The predicted octanol–water partition coefficient (Wildman–Crippen LogP) is 2.86. The molecule has 0 aliphatic heterocycles. The number of nitrogens with one attached hydrogen (secondary N) is 1. The number of aryl methyl sites for hydroxylation is 2. The molecular formula is C15H25NO. The number of rotatable bonds is 7. The first-order valence-corrected chi connectivity index (χ1v) is 6.40. The predicted molar refractivity (Wildman–Crippen MR) is 73.6 cm³/mol. The Morgan fingerprint density at radius 3 is 2.41 bits per heavy atom. The molecule has 1 unspecified atom stereocenters. The van der Waals surface area contributed by atoms with Gasteiger partial charge in [0.2, 0.25) is 0 Å².